The molecule has 8 nitrogen and oxygen atoms in total. The number of pyridine rings is 1. The Morgan fingerprint density at radius 1 is 1.08 bits per heavy atom. The van der Waals surface area contributed by atoms with Crippen molar-refractivity contribution in [3.05, 3.63) is 76.8 Å². The van der Waals surface area contributed by atoms with E-state index in [-0.39, 0.29) is 17.1 Å². The van der Waals surface area contributed by atoms with Crippen LogP contribution >= 0.6 is 23.2 Å². The number of nitrogens with one attached hydrogen (secondary N) is 1. The van der Waals surface area contributed by atoms with Crippen molar-refractivity contribution >= 4 is 34.9 Å². The molecule has 1 N–H and O–H groups in total. The molecule has 0 atom stereocenters. The van der Waals surface area contributed by atoms with Gasteiger partial charge in [-0.25, -0.2) is 18.9 Å². The number of methoxy groups -OCH3 is 1. The lowest BCUT2D eigenvalue weighted by Gasteiger charge is -2.29. The average Bonchev–Trinajstić information content (AvgIpc) is 3.62. The van der Waals surface area contributed by atoms with Crippen LogP contribution < -0.4 is 10.1 Å². The largest absolute Gasteiger partial charge is 0.495 e. The quantitative estimate of drug-likeness (QED) is 0.249. The van der Waals surface area contributed by atoms with E-state index in [0.717, 1.165) is 36.8 Å². The predicted octanol–water partition coefficient (Wildman–Crippen LogP) is 6.94. The Morgan fingerprint density at radius 3 is 2.54 bits per heavy atom. The summed E-state index contributed by atoms with van der Waals surface area (Å²) in [6.07, 6.45) is 7.32. The van der Waals surface area contributed by atoms with E-state index in [2.05, 4.69) is 10.3 Å². The Hall–Kier alpha value is -3.69. The van der Waals surface area contributed by atoms with E-state index in [1.165, 1.54) is 18.2 Å². The zero-order valence-corrected chi connectivity index (χ0v) is 22.8. The molecule has 0 saturated heterocycles. The first kappa shape index (κ1) is 26.9. The summed E-state index contributed by atoms with van der Waals surface area (Å²) in [6, 6.07) is 13.1. The minimum atomic E-state index is -0.537. The summed E-state index contributed by atoms with van der Waals surface area (Å²) in [6.45, 7) is 0.784. The average molecular weight is 569 g/mol. The molecule has 39 heavy (non-hydrogen) atoms. The maximum Gasteiger partial charge on any atom is 0.322 e. The van der Waals surface area contributed by atoms with Gasteiger partial charge >= 0.3 is 6.03 Å². The number of amides is 2. The van der Waals surface area contributed by atoms with Crippen LogP contribution in [0.2, 0.25) is 10.0 Å². The third kappa shape index (κ3) is 6.15. The fourth-order valence-corrected chi connectivity index (χ4v) is 5.22. The number of halogens is 3. The van der Waals surface area contributed by atoms with Gasteiger partial charge in [0, 0.05) is 41.8 Å². The monoisotopic (exact) mass is 568 g/mol. The lowest BCUT2D eigenvalue weighted by molar-refractivity contribution is 0.184. The Labute approximate surface area is 235 Å². The Bertz CT molecular complexity index is 1460. The van der Waals surface area contributed by atoms with Crippen LogP contribution in [0.4, 0.5) is 14.9 Å². The standard InChI is InChI=1S/C28H27Cl2FN6O2/c1-39-25-9-6-19(16-23(25)30)27-34-26(18-10-12-32-13-11-18)35-37(27)15-14-36(21-4-2-3-5-21)28(38)33-20-7-8-24(31)22(29)17-20/h6-13,16-17,21H,2-5,14-15H2,1H3,(H,33,38). The van der Waals surface area contributed by atoms with Gasteiger partial charge in [0.15, 0.2) is 11.6 Å². The van der Waals surface area contributed by atoms with Gasteiger partial charge in [-0.05, 0) is 61.4 Å². The van der Waals surface area contributed by atoms with Gasteiger partial charge in [0.2, 0.25) is 0 Å². The van der Waals surface area contributed by atoms with Gasteiger partial charge in [-0.2, -0.15) is 5.10 Å². The number of nitrogens with zero attached hydrogens (tertiary/aromatic N) is 5. The molecule has 0 unspecified atom stereocenters. The molecule has 0 radical (unpaired) electrons. The Kier molecular flexibility index (Phi) is 8.28. The van der Waals surface area contributed by atoms with Gasteiger partial charge in [0.1, 0.15) is 11.6 Å². The number of rotatable bonds is 8. The molecule has 0 bridgehead atoms. The fourth-order valence-electron chi connectivity index (χ4n) is 4.78. The van der Waals surface area contributed by atoms with E-state index >= 15 is 0 Å². The lowest BCUT2D eigenvalue weighted by atomic mass is 10.2. The smallest absolute Gasteiger partial charge is 0.322 e. The molecule has 1 fully saturated rings. The zero-order valence-electron chi connectivity index (χ0n) is 21.3. The minimum Gasteiger partial charge on any atom is -0.495 e. The van der Waals surface area contributed by atoms with Crippen LogP contribution in [-0.4, -0.2) is 50.4 Å². The highest BCUT2D eigenvalue weighted by Gasteiger charge is 2.27. The molecule has 2 amide bonds. The lowest BCUT2D eigenvalue weighted by Crippen LogP contribution is -2.43. The molecule has 4 aromatic rings. The molecule has 1 saturated carbocycles. The van der Waals surface area contributed by atoms with Gasteiger partial charge in [-0.15, -0.1) is 0 Å². The maximum absolute atomic E-state index is 13.6. The first-order valence-corrected chi connectivity index (χ1v) is 13.4. The SMILES string of the molecule is COc1ccc(-c2nc(-c3ccncc3)nn2CCN(C(=O)Nc2ccc(F)c(Cl)c2)C2CCCC2)cc1Cl. The molecule has 2 heterocycles. The summed E-state index contributed by atoms with van der Waals surface area (Å²) in [4.78, 5) is 24.1. The van der Waals surface area contributed by atoms with Crippen LogP contribution in [0, 0.1) is 5.82 Å². The highest BCUT2D eigenvalue weighted by Crippen LogP contribution is 2.31. The van der Waals surface area contributed by atoms with E-state index in [1.54, 1.807) is 36.3 Å². The molecule has 2 aromatic carbocycles. The summed E-state index contributed by atoms with van der Waals surface area (Å²) in [5, 5.41) is 8.06. The van der Waals surface area contributed by atoms with Gasteiger partial charge in [0.05, 0.1) is 23.7 Å². The molecule has 1 aliphatic rings. The van der Waals surface area contributed by atoms with Crippen molar-refractivity contribution < 1.29 is 13.9 Å². The minimum absolute atomic E-state index is 0.0470. The number of carbonyl (C=O) groups excluding carboxylic acids is 1. The first-order chi connectivity index (χ1) is 18.9. The molecule has 0 spiro atoms. The second-order valence-corrected chi connectivity index (χ2v) is 10.1. The van der Waals surface area contributed by atoms with Crippen LogP contribution in [0.15, 0.2) is 60.9 Å². The molecule has 1 aliphatic carbocycles. The molecule has 202 valence electrons. The van der Waals surface area contributed by atoms with Crippen molar-refractivity contribution in [1.29, 1.82) is 0 Å². The van der Waals surface area contributed by atoms with Crippen molar-refractivity contribution in [2.45, 2.75) is 38.3 Å². The summed E-state index contributed by atoms with van der Waals surface area (Å²) >= 11 is 12.3. The maximum atomic E-state index is 13.6. The van der Waals surface area contributed by atoms with Crippen LogP contribution in [0.5, 0.6) is 5.75 Å². The number of anilines is 1. The van der Waals surface area contributed by atoms with Crippen LogP contribution in [0.25, 0.3) is 22.8 Å². The fraction of sp³-hybridized carbons (Fsp3) is 0.286. The van der Waals surface area contributed by atoms with Gasteiger partial charge in [-0.3, -0.25) is 4.98 Å². The van der Waals surface area contributed by atoms with E-state index in [1.807, 2.05) is 23.1 Å². The highest BCUT2D eigenvalue weighted by atomic mass is 35.5. The predicted molar refractivity (Wildman–Crippen MR) is 150 cm³/mol. The molecule has 5 rings (SSSR count). The highest BCUT2D eigenvalue weighted by molar-refractivity contribution is 6.32. The van der Waals surface area contributed by atoms with Crippen molar-refractivity contribution in [3.63, 3.8) is 0 Å². The van der Waals surface area contributed by atoms with Crippen LogP contribution in [0.1, 0.15) is 25.7 Å². The third-order valence-corrected chi connectivity index (χ3v) is 7.36. The second kappa shape index (κ2) is 12.0. The molecular weight excluding hydrogens is 542 g/mol. The number of urea groups is 1. The molecule has 11 heteroatoms. The third-order valence-electron chi connectivity index (χ3n) is 6.77. The van der Waals surface area contributed by atoms with Crippen molar-refractivity contribution in [1.82, 2.24) is 24.6 Å². The number of benzene rings is 2. The zero-order chi connectivity index (χ0) is 27.4. The number of ether oxygens (including phenoxy) is 1. The number of hydrogen-bond acceptors (Lipinski definition) is 5. The van der Waals surface area contributed by atoms with E-state index in [0.29, 0.717) is 41.2 Å². The molecule has 2 aromatic heterocycles. The first-order valence-electron chi connectivity index (χ1n) is 12.6. The normalized spacial score (nSPS) is 13.4. The van der Waals surface area contributed by atoms with Crippen LogP contribution in [-0.2, 0) is 6.54 Å². The topological polar surface area (TPSA) is 85.2 Å². The Balaban J connectivity index is 1.43. The van der Waals surface area contributed by atoms with Gasteiger partial charge in [0.25, 0.3) is 0 Å². The van der Waals surface area contributed by atoms with E-state index in [4.69, 9.17) is 38.0 Å². The number of hydrogen-bond donors (Lipinski definition) is 1. The van der Waals surface area contributed by atoms with Gasteiger partial charge in [-0.1, -0.05) is 36.0 Å². The molecule has 0 aliphatic heterocycles. The van der Waals surface area contributed by atoms with Crippen molar-refractivity contribution in [3.8, 4) is 28.5 Å². The molecular formula is C28H27Cl2FN6O2. The van der Waals surface area contributed by atoms with Crippen molar-refractivity contribution in [2.24, 2.45) is 0 Å². The Morgan fingerprint density at radius 2 is 1.85 bits per heavy atom. The summed E-state index contributed by atoms with van der Waals surface area (Å²) in [5.41, 5.74) is 2.03. The summed E-state index contributed by atoms with van der Waals surface area (Å²) in [5.74, 6) is 1.18. The number of carbonyl (C=O) groups is 1. The van der Waals surface area contributed by atoms with Crippen molar-refractivity contribution in [2.75, 3.05) is 19.0 Å². The van der Waals surface area contributed by atoms with E-state index in [9.17, 15) is 9.18 Å². The van der Waals surface area contributed by atoms with Crippen LogP contribution in [0.3, 0.4) is 0 Å². The van der Waals surface area contributed by atoms with E-state index < -0.39 is 5.82 Å². The second-order valence-electron chi connectivity index (χ2n) is 9.26. The number of aromatic nitrogens is 4. The summed E-state index contributed by atoms with van der Waals surface area (Å²) in [7, 11) is 1.56. The van der Waals surface area contributed by atoms with Gasteiger partial charge < -0.3 is 15.0 Å². The summed E-state index contributed by atoms with van der Waals surface area (Å²) < 4.78 is 20.7.